The number of nitrogens with zero attached hydrogens (tertiary/aromatic N) is 5. The lowest BCUT2D eigenvalue weighted by molar-refractivity contribution is 0.391. The van der Waals surface area contributed by atoms with E-state index in [4.69, 9.17) is 4.52 Å². The summed E-state index contributed by atoms with van der Waals surface area (Å²) in [5.41, 5.74) is 0.430. The number of aromatic nitrogens is 5. The summed E-state index contributed by atoms with van der Waals surface area (Å²) in [6, 6.07) is 1.84. The Morgan fingerprint density at radius 2 is 1.96 bits per heavy atom. The third kappa shape index (κ3) is 3.44. The highest BCUT2D eigenvalue weighted by Crippen LogP contribution is 2.26. The minimum Gasteiger partial charge on any atom is -0.360 e. The molecule has 0 saturated heterocycles. The van der Waals surface area contributed by atoms with Crippen LogP contribution in [0.5, 0.6) is 0 Å². The summed E-state index contributed by atoms with van der Waals surface area (Å²) in [4.78, 5) is 34.2. The first-order valence-electron chi connectivity index (χ1n) is 8.31. The molecule has 9 heteroatoms. The minimum absolute atomic E-state index is 0.233. The fourth-order valence-electron chi connectivity index (χ4n) is 2.70. The van der Waals surface area contributed by atoms with Crippen molar-refractivity contribution in [3.8, 4) is 0 Å². The fourth-order valence-corrected chi connectivity index (χ4v) is 3.63. The molecule has 26 heavy (non-hydrogen) atoms. The fraction of sp³-hybridized carbons (Fsp3) is 0.471. The molecule has 0 aromatic carbocycles. The quantitative estimate of drug-likeness (QED) is 0.497. The van der Waals surface area contributed by atoms with Crippen LogP contribution in [0.4, 0.5) is 0 Å². The molecule has 0 saturated carbocycles. The predicted molar refractivity (Wildman–Crippen MR) is 99.4 cm³/mol. The standard InChI is InChI=1S/C17H21N5O3S/c1-9(2)7-22-14-13(16(23)21(5)17(22)24)15(19-11(4)18-14)26-8-12-6-10(3)20-25-12/h6,9H,7-8H2,1-5H3. The van der Waals surface area contributed by atoms with Gasteiger partial charge >= 0.3 is 5.69 Å². The van der Waals surface area contributed by atoms with Crippen molar-refractivity contribution in [3.05, 3.63) is 44.2 Å². The van der Waals surface area contributed by atoms with E-state index in [1.54, 1.807) is 11.5 Å². The van der Waals surface area contributed by atoms with Gasteiger partial charge in [0.05, 0.1) is 11.4 Å². The van der Waals surface area contributed by atoms with Crippen LogP contribution in [0, 0.1) is 19.8 Å². The van der Waals surface area contributed by atoms with Gasteiger partial charge in [-0.2, -0.15) is 0 Å². The van der Waals surface area contributed by atoms with E-state index in [9.17, 15) is 9.59 Å². The van der Waals surface area contributed by atoms with Crippen molar-refractivity contribution in [3.63, 3.8) is 0 Å². The molecule has 3 aromatic rings. The summed E-state index contributed by atoms with van der Waals surface area (Å²) in [5.74, 6) is 1.93. The van der Waals surface area contributed by atoms with Gasteiger partial charge in [0.15, 0.2) is 5.65 Å². The first-order valence-corrected chi connectivity index (χ1v) is 9.29. The lowest BCUT2D eigenvalue weighted by atomic mass is 10.2. The smallest absolute Gasteiger partial charge is 0.332 e. The number of hydrogen-bond donors (Lipinski definition) is 0. The van der Waals surface area contributed by atoms with Gasteiger partial charge in [0.2, 0.25) is 0 Å². The van der Waals surface area contributed by atoms with Crippen LogP contribution in [0.2, 0.25) is 0 Å². The Labute approximate surface area is 154 Å². The van der Waals surface area contributed by atoms with Crippen LogP contribution in [0.3, 0.4) is 0 Å². The molecular formula is C17H21N5O3S. The second-order valence-electron chi connectivity index (χ2n) is 6.65. The molecule has 0 radical (unpaired) electrons. The zero-order chi connectivity index (χ0) is 19.0. The molecule has 138 valence electrons. The zero-order valence-electron chi connectivity index (χ0n) is 15.4. The third-order valence-electron chi connectivity index (χ3n) is 3.84. The molecule has 0 aliphatic carbocycles. The van der Waals surface area contributed by atoms with E-state index in [-0.39, 0.29) is 17.2 Å². The van der Waals surface area contributed by atoms with Gasteiger partial charge in [-0.15, -0.1) is 0 Å². The van der Waals surface area contributed by atoms with Crippen molar-refractivity contribution >= 4 is 22.8 Å². The van der Waals surface area contributed by atoms with Crippen molar-refractivity contribution in [2.75, 3.05) is 0 Å². The average molecular weight is 375 g/mol. The Kier molecular flexibility index (Phi) is 4.99. The van der Waals surface area contributed by atoms with E-state index >= 15 is 0 Å². The molecule has 0 atom stereocenters. The topological polar surface area (TPSA) is 95.8 Å². The van der Waals surface area contributed by atoms with E-state index in [1.807, 2.05) is 26.8 Å². The SMILES string of the molecule is Cc1cc(CSc2nc(C)nc3c2c(=O)n(C)c(=O)n3CC(C)C)on1. The molecule has 0 N–H and O–H groups in total. The van der Waals surface area contributed by atoms with Gasteiger partial charge < -0.3 is 4.52 Å². The first-order chi connectivity index (χ1) is 12.3. The molecule has 0 fully saturated rings. The first kappa shape index (κ1) is 18.4. The lowest BCUT2D eigenvalue weighted by Crippen LogP contribution is -2.39. The highest BCUT2D eigenvalue weighted by molar-refractivity contribution is 7.98. The van der Waals surface area contributed by atoms with Gasteiger partial charge in [0.1, 0.15) is 22.0 Å². The lowest BCUT2D eigenvalue weighted by Gasteiger charge is -2.15. The Hall–Kier alpha value is -2.42. The summed E-state index contributed by atoms with van der Waals surface area (Å²) in [6.45, 7) is 8.11. The van der Waals surface area contributed by atoms with Crippen molar-refractivity contribution in [1.29, 1.82) is 0 Å². The second kappa shape index (κ2) is 7.06. The van der Waals surface area contributed by atoms with Crippen LogP contribution in [-0.2, 0) is 19.3 Å². The highest BCUT2D eigenvalue weighted by atomic mass is 32.2. The largest absolute Gasteiger partial charge is 0.360 e. The van der Waals surface area contributed by atoms with Crippen molar-refractivity contribution in [1.82, 2.24) is 24.3 Å². The monoisotopic (exact) mass is 375 g/mol. The van der Waals surface area contributed by atoms with Crippen molar-refractivity contribution < 1.29 is 4.52 Å². The van der Waals surface area contributed by atoms with Gasteiger partial charge in [-0.1, -0.05) is 30.8 Å². The van der Waals surface area contributed by atoms with E-state index in [0.717, 1.165) is 10.3 Å². The second-order valence-corrected chi connectivity index (χ2v) is 7.61. The Morgan fingerprint density at radius 1 is 1.23 bits per heavy atom. The van der Waals surface area contributed by atoms with Crippen LogP contribution >= 0.6 is 11.8 Å². The Morgan fingerprint density at radius 3 is 2.58 bits per heavy atom. The Bertz CT molecular complexity index is 1080. The minimum atomic E-state index is -0.388. The van der Waals surface area contributed by atoms with Crippen LogP contribution in [0.25, 0.3) is 11.0 Å². The molecule has 3 aromatic heterocycles. The molecule has 0 bridgehead atoms. The molecule has 3 heterocycles. The Balaban J connectivity index is 2.18. The zero-order valence-corrected chi connectivity index (χ0v) is 16.3. The average Bonchev–Trinajstić information content (AvgIpc) is 2.99. The van der Waals surface area contributed by atoms with E-state index in [0.29, 0.717) is 39.9 Å². The summed E-state index contributed by atoms with van der Waals surface area (Å²) >= 11 is 1.37. The van der Waals surface area contributed by atoms with Gasteiger partial charge in [-0.3, -0.25) is 13.9 Å². The van der Waals surface area contributed by atoms with Crippen LogP contribution in [0.15, 0.2) is 25.2 Å². The maximum Gasteiger partial charge on any atom is 0.332 e. The van der Waals surface area contributed by atoms with Crippen LogP contribution in [-0.4, -0.2) is 24.3 Å². The summed E-state index contributed by atoms with van der Waals surface area (Å²) < 4.78 is 7.90. The predicted octanol–water partition coefficient (Wildman–Crippen LogP) is 2.04. The number of thioether (sulfide) groups is 1. The third-order valence-corrected chi connectivity index (χ3v) is 4.83. The van der Waals surface area contributed by atoms with Crippen molar-refractivity contribution in [2.45, 2.75) is 45.0 Å². The number of fused-ring (bicyclic) bond motifs is 1. The molecular weight excluding hydrogens is 354 g/mol. The van der Waals surface area contributed by atoms with Gasteiger partial charge in [0, 0.05) is 19.7 Å². The van der Waals surface area contributed by atoms with Gasteiger partial charge in [-0.05, 0) is 19.8 Å². The maximum atomic E-state index is 12.8. The molecule has 0 amide bonds. The van der Waals surface area contributed by atoms with E-state index in [1.165, 1.54) is 18.8 Å². The van der Waals surface area contributed by atoms with Gasteiger partial charge in [0.25, 0.3) is 5.56 Å². The molecule has 3 rings (SSSR count). The van der Waals surface area contributed by atoms with E-state index in [2.05, 4.69) is 15.1 Å². The highest BCUT2D eigenvalue weighted by Gasteiger charge is 2.19. The molecule has 0 aliphatic rings. The molecule has 0 unspecified atom stereocenters. The molecule has 0 spiro atoms. The van der Waals surface area contributed by atoms with E-state index < -0.39 is 0 Å². The molecule has 8 nitrogen and oxygen atoms in total. The summed E-state index contributed by atoms with van der Waals surface area (Å²) in [5, 5.41) is 4.77. The van der Waals surface area contributed by atoms with Crippen LogP contribution < -0.4 is 11.2 Å². The summed E-state index contributed by atoms with van der Waals surface area (Å²) in [6.07, 6.45) is 0. The number of hydrogen-bond acceptors (Lipinski definition) is 7. The summed E-state index contributed by atoms with van der Waals surface area (Å²) in [7, 11) is 1.48. The van der Waals surface area contributed by atoms with Crippen molar-refractivity contribution in [2.24, 2.45) is 13.0 Å². The normalized spacial score (nSPS) is 11.6. The number of rotatable bonds is 5. The van der Waals surface area contributed by atoms with Crippen LogP contribution in [0.1, 0.15) is 31.1 Å². The van der Waals surface area contributed by atoms with Gasteiger partial charge in [-0.25, -0.2) is 14.8 Å². The number of aryl methyl sites for hydroxylation is 2. The molecule has 0 aliphatic heterocycles. The maximum absolute atomic E-state index is 12.8.